The molecular formula is C26H41N7O8. The summed E-state index contributed by atoms with van der Waals surface area (Å²) in [6.07, 6.45) is 0.221. The van der Waals surface area contributed by atoms with Gasteiger partial charge in [0.15, 0.2) is 5.96 Å². The van der Waals surface area contributed by atoms with Gasteiger partial charge in [-0.2, -0.15) is 0 Å². The third-order valence-electron chi connectivity index (χ3n) is 6.37. The lowest BCUT2D eigenvalue weighted by Crippen LogP contribution is -2.59. The Morgan fingerprint density at radius 1 is 0.902 bits per heavy atom. The Hall–Kier alpha value is -4.40. The van der Waals surface area contributed by atoms with Gasteiger partial charge in [-0.05, 0) is 42.9 Å². The highest BCUT2D eigenvalue weighted by atomic mass is 16.4. The SMILES string of the molecule is CCC(C)C(NC(=O)C(Cc1ccc(O)cc1)NC(=O)C(N)CCCN=C(N)N)C(=O)NC(CCC(=O)O)C(=O)O. The molecule has 0 bridgehead atoms. The predicted octanol–water partition coefficient (Wildman–Crippen LogP) is -1.23. The molecule has 0 saturated carbocycles. The minimum absolute atomic E-state index is 0.00553. The average Bonchev–Trinajstić information content (AvgIpc) is 2.91. The summed E-state index contributed by atoms with van der Waals surface area (Å²) in [4.78, 5) is 65.7. The molecule has 1 aromatic rings. The molecule has 5 atom stereocenters. The van der Waals surface area contributed by atoms with E-state index in [1.165, 1.54) is 12.1 Å². The molecule has 0 heterocycles. The number of aliphatic imine (C=N–C) groups is 1. The molecule has 228 valence electrons. The number of phenols is 1. The fraction of sp³-hybridized carbons (Fsp3) is 0.538. The van der Waals surface area contributed by atoms with Crippen molar-refractivity contribution >= 4 is 35.6 Å². The molecule has 0 aliphatic heterocycles. The third kappa shape index (κ3) is 13.0. The molecule has 0 aromatic heterocycles. The van der Waals surface area contributed by atoms with Crippen LogP contribution >= 0.6 is 0 Å². The third-order valence-corrected chi connectivity index (χ3v) is 6.37. The normalized spacial score (nSPS) is 14.4. The molecule has 1 aromatic carbocycles. The Morgan fingerprint density at radius 3 is 2.05 bits per heavy atom. The topological polar surface area (TPSA) is 273 Å². The minimum atomic E-state index is -1.48. The highest BCUT2D eigenvalue weighted by molar-refractivity contribution is 5.94. The second-order valence-corrected chi connectivity index (χ2v) is 9.69. The van der Waals surface area contributed by atoms with Gasteiger partial charge in [0.05, 0.1) is 6.04 Å². The van der Waals surface area contributed by atoms with E-state index in [0.29, 0.717) is 18.4 Å². The van der Waals surface area contributed by atoms with Gasteiger partial charge < -0.3 is 48.5 Å². The molecule has 0 saturated heterocycles. The lowest BCUT2D eigenvalue weighted by molar-refractivity contribution is -0.143. The highest BCUT2D eigenvalue weighted by Gasteiger charge is 2.33. The number of rotatable bonds is 18. The van der Waals surface area contributed by atoms with Crippen molar-refractivity contribution < 1.29 is 39.3 Å². The first kappa shape index (κ1) is 34.6. The van der Waals surface area contributed by atoms with Crippen molar-refractivity contribution in [2.24, 2.45) is 28.1 Å². The number of phenolic OH excluding ortho intramolecular Hbond substituents is 1. The zero-order valence-corrected chi connectivity index (χ0v) is 23.2. The summed E-state index contributed by atoms with van der Waals surface area (Å²) in [7, 11) is 0. The largest absolute Gasteiger partial charge is 0.508 e. The van der Waals surface area contributed by atoms with Crippen molar-refractivity contribution in [3.63, 3.8) is 0 Å². The van der Waals surface area contributed by atoms with Gasteiger partial charge in [0, 0.05) is 19.4 Å². The number of aliphatic carboxylic acids is 2. The van der Waals surface area contributed by atoms with Crippen LogP contribution in [0.1, 0.15) is 51.5 Å². The molecule has 0 aliphatic carbocycles. The number of amides is 3. The molecule has 41 heavy (non-hydrogen) atoms. The summed E-state index contributed by atoms with van der Waals surface area (Å²) in [5.74, 6) is -5.34. The molecule has 0 radical (unpaired) electrons. The number of guanidine groups is 1. The standard InChI is InChI=1S/C26H41N7O8/c1-3-14(2)21(24(39)31-18(25(40)41)10-11-20(35)36)33-23(38)19(13-15-6-8-16(34)9-7-15)32-22(37)17(27)5-4-12-30-26(28)29/h6-9,14,17-19,21,34H,3-5,10-13,27H2,1-2H3,(H,31,39)(H,32,37)(H,33,38)(H,35,36)(H,40,41)(H4,28,29,30). The van der Waals surface area contributed by atoms with Crippen molar-refractivity contribution in [1.82, 2.24) is 16.0 Å². The maximum Gasteiger partial charge on any atom is 0.326 e. The summed E-state index contributed by atoms with van der Waals surface area (Å²) < 4.78 is 0. The number of aromatic hydroxyl groups is 1. The molecule has 15 heteroatoms. The Bertz CT molecular complexity index is 1080. The summed E-state index contributed by atoms with van der Waals surface area (Å²) in [6, 6.07) is 1.13. The smallest absolute Gasteiger partial charge is 0.326 e. The van der Waals surface area contributed by atoms with Crippen LogP contribution in [0.15, 0.2) is 29.3 Å². The number of hydrogen-bond acceptors (Lipinski definition) is 8. The fourth-order valence-corrected chi connectivity index (χ4v) is 3.75. The maximum absolute atomic E-state index is 13.4. The molecule has 3 amide bonds. The van der Waals surface area contributed by atoms with Crippen LogP contribution in [0.2, 0.25) is 0 Å². The highest BCUT2D eigenvalue weighted by Crippen LogP contribution is 2.14. The Labute approximate surface area is 237 Å². The number of hydrogen-bond donors (Lipinski definition) is 9. The van der Waals surface area contributed by atoms with E-state index in [2.05, 4.69) is 20.9 Å². The van der Waals surface area contributed by atoms with Gasteiger partial charge in [0.25, 0.3) is 0 Å². The van der Waals surface area contributed by atoms with Crippen molar-refractivity contribution in [2.45, 2.75) is 76.5 Å². The van der Waals surface area contributed by atoms with Gasteiger partial charge in [-0.3, -0.25) is 24.2 Å². The molecule has 0 aliphatic rings. The van der Waals surface area contributed by atoms with E-state index in [-0.39, 0.29) is 37.5 Å². The Balaban J connectivity index is 3.12. The van der Waals surface area contributed by atoms with Crippen LogP contribution in [0.4, 0.5) is 0 Å². The second-order valence-electron chi connectivity index (χ2n) is 9.69. The number of carboxylic acids is 2. The number of carbonyl (C=O) groups excluding carboxylic acids is 3. The molecular weight excluding hydrogens is 538 g/mol. The van der Waals surface area contributed by atoms with Gasteiger partial charge >= 0.3 is 11.9 Å². The van der Waals surface area contributed by atoms with Crippen molar-refractivity contribution in [1.29, 1.82) is 0 Å². The summed E-state index contributed by atoms with van der Waals surface area (Å²) >= 11 is 0. The van der Waals surface area contributed by atoms with E-state index in [0.717, 1.165) is 0 Å². The second kappa shape index (κ2) is 17.3. The molecule has 0 fully saturated rings. The van der Waals surface area contributed by atoms with Gasteiger partial charge in [-0.1, -0.05) is 32.4 Å². The van der Waals surface area contributed by atoms with Gasteiger partial charge in [0.1, 0.15) is 23.9 Å². The van der Waals surface area contributed by atoms with Crippen LogP contribution in [-0.2, 0) is 30.4 Å². The first-order valence-electron chi connectivity index (χ1n) is 13.2. The molecule has 1 rings (SSSR count). The molecule has 5 unspecified atom stereocenters. The van der Waals surface area contributed by atoms with E-state index < -0.39 is 66.2 Å². The van der Waals surface area contributed by atoms with E-state index >= 15 is 0 Å². The van der Waals surface area contributed by atoms with Crippen molar-refractivity contribution in [3.05, 3.63) is 29.8 Å². The van der Waals surface area contributed by atoms with E-state index in [1.807, 2.05) is 0 Å². The number of carbonyl (C=O) groups is 5. The average molecular weight is 580 g/mol. The van der Waals surface area contributed by atoms with E-state index in [1.54, 1.807) is 26.0 Å². The summed E-state index contributed by atoms with van der Waals surface area (Å²) in [6.45, 7) is 3.71. The summed E-state index contributed by atoms with van der Waals surface area (Å²) in [5, 5.41) is 35.4. The maximum atomic E-state index is 13.4. The number of nitrogens with zero attached hydrogens (tertiary/aromatic N) is 1. The van der Waals surface area contributed by atoms with Crippen molar-refractivity contribution in [2.75, 3.05) is 6.54 Å². The van der Waals surface area contributed by atoms with Crippen LogP contribution in [-0.4, -0.2) is 81.7 Å². The Kier molecular flexibility index (Phi) is 14.6. The zero-order chi connectivity index (χ0) is 31.1. The molecule has 15 nitrogen and oxygen atoms in total. The van der Waals surface area contributed by atoms with Crippen LogP contribution in [0, 0.1) is 5.92 Å². The predicted molar refractivity (Wildman–Crippen MR) is 149 cm³/mol. The number of nitrogens with two attached hydrogens (primary N) is 3. The Morgan fingerprint density at radius 2 is 1.51 bits per heavy atom. The van der Waals surface area contributed by atoms with Gasteiger partial charge in [-0.15, -0.1) is 0 Å². The first-order valence-corrected chi connectivity index (χ1v) is 13.2. The van der Waals surface area contributed by atoms with E-state index in [4.69, 9.17) is 22.3 Å². The number of carboxylic acid groups (broad SMARTS) is 2. The fourth-order valence-electron chi connectivity index (χ4n) is 3.75. The van der Waals surface area contributed by atoms with Crippen LogP contribution < -0.4 is 33.2 Å². The number of benzene rings is 1. The van der Waals surface area contributed by atoms with Crippen molar-refractivity contribution in [3.8, 4) is 5.75 Å². The first-order chi connectivity index (χ1) is 19.2. The van der Waals surface area contributed by atoms with Crippen LogP contribution in [0.5, 0.6) is 5.75 Å². The lowest BCUT2D eigenvalue weighted by Gasteiger charge is -2.28. The zero-order valence-electron chi connectivity index (χ0n) is 23.2. The van der Waals surface area contributed by atoms with E-state index in [9.17, 15) is 34.2 Å². The minimum Gasteiger partial charge on any atom is -0.508 e. The van der Waals surface area contributed by atoms with Crippen LogP contribution in [0.25, 0.3) is 0 Å². The van der Waals surface area contributed by atoms with Gasteiger partial charge in [-0.25, -0.2) is 4.79 Å². The molecule has 12 N–H and O–H groups in total. The van der Waals surface area contributed by atoms with Crippen LogP contribution in [0.3, 0.4) is 0 Å². The lowest BCUT2D eigenvalue weighted by atomic mass is 9.96. The molecule has 0 spiro atoms. The quantitative estimate of drug-likeness (QED) is 0.0564. The number of nitrogens with one attached hydrogen (secondary N) is 3. The summed E-state index contributed by atoms with van der Waals surface area (Å²) in [5.41, 5.74) is 17.2. The van der Waals surface area contributed by atoms with Gasteiger partial charge in [0.2, 0.25) is 17.7 Å². The monoisotopic (exact) mass is 579 g/mol.